The molecule has 0 N–H and O–H groups in total. The van der Waals surface area contributed by atoms with E-state index in [9.17, 15) is 9.59 Å². The van der Waals surface area contributed by atoms with Crippen molar-refractivity contribution in [2.45, 2.75) is 26.7 Å². The first-order valence-corrected chi connectivity index (χ1v) is 7.21. The van der Waals surface area contributed by atoms with Gasteiger partial charge in [-0.3, -0.25) is 9.59 Å². The van der Waals surface area contributed by atoms with Gasteiger partial charge in [-0.1, -0.05) is 36.8 Å². The first-order valence-electron chi connectivity index (χ1n) is 7.21. The molecule has 2 amide bonds. The molecule has 2 rings (SSSR count). The van der Waals surface area contributed by atoms with E-state index in [1.165, 1.54) is 5.56 Å². The van der Waals surface area contributed by atoms with Gasteiger partial charge in [-0.05, 0) is 12.5 Å². The number of hydrogen-bond donors (Lipinski definition) is 0. The highest BCUT2D eigenvalue weighted by Gasteiger charge is 2.23. The number of piperazine rings is 1. The molecule has 108 valence electrons. The molecule has 0 radical (unpaired) electrons. The largest absolute Gasteiger partial charge is 0.339 e. The maximum atomic E-state index is 12.2. The van der Waals surface area contributed by atoms with Crippen molar-refractivity contribution >= 4 is 11.8 Å². The van der Waals surface area contributed by atoms with Crippen molar-refractivity contribution in [2.24, 2.45) is 0 Å². The van der Waals surface area contributed by atoms with E-state index in [1.54, 1.807) is 0 Å². The molecule has 1 saturated heterocycles. The third-order valence-corrected chi connectivity index (χ3v) is 3.73. The number of benzene rings is 1. The van der Waals surface area contributed by atoms with Gasteiger partial charge in [0.2, 0.25) is 11.8 Å². The normalized spacial score (nSPS) is 15.3. The summed E-state index contributed by atoms with van der Waals surface area (Å²) in [6, 6.07) is 8.05. The zero-order valence-electron chi connectivity index (χ0n) is 12.3. The summed E-state index contributed by atoms with van der Waals surface area (Å²) >= 11 is 0. The maximum absolute atomic E-state index is 12.2. The van der Waals surface area contributed by atoms with Gasteiger partial charge in [-0.2, -0.15) is 0 Å². The minimum absolute atomic E-state index is 0.152. The molecule has 0 atom stereocenters. The highest BCUT2D eigenvalue weighted by Crippen LogP contribution is 2.09. The van der Waals surface area contributed by atoms with Gasteiger partial charge in [0.15, 0.2) is 0 Å². The predicted octanol–water partition coefficient (Wildman–Crippen LogP) is 1.62. The smallest absolute Gasteiger partial charge is 0.227 e. The second-order valence-corrected chi connectivity index (χ2v) is 5.28. The molecule has 4 heteroatoms. The van der Waals surface area contributed by atoms with Crippen LogP contribution in [0.2, 0.25) is 0 Å². The molecule has 0 aromatic heterocycles. The molecule has 0 unspecified atom stereocenters. The van der Waals surface area contributed by atoms with Crippen LogP contribution in [0.3, 0.4) is 0 Å². The average Bonchev–Trinajstić information content (AvgIpc) is 2.46. The summed E-state index contributed by atoms with van der Waals surface area (Å²) in [5.41, 5.74) is 2.23. The minimum Gasteiger partial charge on any atom is -0.339 e. The molecule has 20 heavy (non-hydrogen) atoms. The summed E-state index contributed by atoms with van der Waals surface area (Å²) in [5.74, 6) is 0.329. The van der Waals surface area contributed by atoms with Crippen molar-refractivity contribution in [3.8, 4) is 0 Å². The lowest BCUT2D eigenvalue weighted by atomic mass is 10.1. The van der Waals surface area contributed by atoms with Gasteiger partial charge in [-0.25, -0.2) is 0 Å². The Morgan fingerprint density at radius 3 is 2.20 bits per heavy atom. The first-order chi connectivity index (χ1) is 9.60. The van der Waals surface area contributed by atoms with E-state index in [4.69, 9.17) is 0 Å². The zero-order chi connectivity index (χ0) is 14.5. The Hall–Kier alpha value is -1.84. The van der Waals surface area contributed by atoms with Crippen molar-refractivity contribution in [3.63, 3.8) is 0 Å². The maximum Gasteiger partial charge on any atom is 0.227 e. The van der Waals surface area contributed by atoms with Crippen LogP contribution in [0, 0.1) is 6.92 Å². The molecule has 1 fully saturated rings. The van der Waals surface area contributed by atoms with Gasteiger partial charge in [0.25, 0.3) is 0 Å². The van der Waals surface area contributed by atoms with Gasteiger partial charge in [-0.15, -0.1) is 0 Å². The molecule has 1 aromatic carbocycles. The van der Waals surface area contributed by atoms with Crippen LogP contribution in [0.1, 0.15) is 24.5 Å². The number of amides is 2. The SMILES string of the molecule is CCC(=O)N1CCN(C(=O)Cc2cccc(C)c2)CC1. The second kappa shape index (κ2) is 6.55. The summed E-state index contributed by atoms with van der Waals surface area (Å²) < 4.78 is 0. The number of nitrogens with zero attached hydrogens (tertiary/aromatic N) is 2. The molecule has 1 aromatic rings. The summed E-state index contributed by atoms with van der Waals surface area (Å²) in [6.07, 6.45) is 0.987. The third-order valence-electron chi connectivity index (χ3n) is 3.73. The van der Waals surface area contributed by atoms with Crippen LogP contribution in [-0.2, 0) is 16.0 Å². The Kier molecular flexibility index (Phi) is 4.77. The molecule has 1 aliphatic rings. The van der Waals surface area contributed by atoms with Crippen molar-refractivity contribution in [1.82, 2.24) is 9.80 Å². The summed E-state index contributed by atoms with van der Waals surface area (Å²) in [6.45, 7) is 6.52. The van der Waals surface area contributed by atoms with Crippen molar-refractivity contribution in [3.05, 3.63) is 35.4 Å². The number of hydrogen-bond acceptors (Lipinski definition) is 2. The summed E-state index contributed by atoms with van der Waals surface area (Å²) in [5, 5.41) is 0. The molecule has 0 aliphatic carbocycles. The standard InChI is InChI=1S/C16H22N2O2/c1-3-15(19)17-7-9-18(10-8-17)16(20)12-14-6-4-5-13(2)11-14/h4-6,11H,3,7-10,12H2,1-2H3. The fraction of sp³-hybridized carbons (Fsp3) is 0.500. The Morgan fingerprint density at radius 2 is 1.65 bits per heavy atom. The van der Waals surface area contributed by atoms with Crippen LogP contribution in [0.5, 0.6) is 0 Å². The van der Waals surface area contributed by atoms with E-state index in [-0.39, 0.29) is 11.8 Å². The highest BCUT2D eigenvalue weighted by molar-refractivity contribution is 5.80. The molecule has 4 nitrogen and oxygen atoms in total. The van der Waals surface area contributed by atoms with Crippen molar-refractivity contribution < 1.29 is 9.59 Å². The lowest BCUT2D eigenvalue weighted by Gasteiger charge is -2.34. The van der Waals surface area contributed by atoms with Crippen LogP contribution in [0.15, 0.2) is 24.3 Å². The van der Waals surface area contributed by atoms with Crippen molar-refractivity contribution in [1.29, 1.82) is 0 Å². The number of rotatable bonds is 3. The van der Waals surface area contributed by atoms with Gasteiger partial charge in [0.1, 0.15) is 0 Å². The Bertz CT molecular complexity index is 491. The Labute approximate surface area is 120 Å². The molecular formula is C16H22N2O2. The average molecular weight is 274 g/mol. The highest BCUT2D eigenvalue weighted by atomic mass is 16.2. The van der Waals surface area contributed by atoms with E-state index in [2.05, 4.69) is 6.07 Å². The van der Waals surface area contributed by atoms with E-state index in [0.29, 0.717) is 39.0 Å². The van der Waals surface area contributed by atoms with Crippen molar-refractivity contribution in [2.75, 3.05) is 26.2 Å². The summed E-state index contributed by atoms with van der Waals surface area (Å²) in [4.78, 5) is 27.5. The van der Waals surface area contributed by atoms with Crippen LogP contribution in [-0.4, -0.2) is 47.8 Å². The molecule has 0 spiro atoms. The van der Waals surface area contributed by atoms with E-state index < -0.39 is 0 Å². The van der Waals surface area contributed by atoms with Crippen LogP contribution in [0.25, 0.3) is 0 Å². The Morgan fingerprint density at radius 1 is 1.05 bits per heavy atom. The van der Waals surface area contributed by atoms with Gasteiger partial charge >= 0.3 is 0 Å². The lowest BCUT2D eigenvalue weighted by molar-refractivity contribution is -0.139. The number of aryl methyl sites for hydroxylation is 1. The first kappa shape index (κ1) is 14.6. The topological polar surface area (TPSA) is 40.6 Å². The monoisotopic (exact) mass is 274 g/mol. The third kappa shape index (κ3) is 3.59. The molecule has 1 heterocycles. The van der Waals surface area contributed by atoms with E-state index in [0.717, 1.165) is 5.56 Å². The quantitative estimate of drug-likeness (QED) is 0.840. The molecule has 0 bridgehead atoms. The second-order valence-electron chi connectivity index (χ2n) is 5.28. The van der Waals surface area contributed by atoms with Gasteiger partial charge in [0, 0.05) is 32.6 Å². The van der Waals surface area contributed by atoms with E-state index >= 15 is 0 Å². The van der Waals surface area contributed by atoms with Gasteiger partial charge < -0.3 is 9.80 Å². The van der Waals surface area contributed by atoms with Crippen LogP contribution < -0.4 is 0 Å². The zero-order valence-corrected chi connectivity index (χ0v) is 12.3. The molecule has 0 saturated carbocycles. The summed E-state index contributed by atoms with van der Waals surface area (Å²) in [7, 11) is 0. The molecular weight excluding hydrogens is 252 g/mol. The predicted molar refractivity (Wildman–Crippen MR) is 78.3 cm³/mol. The molecule has 1 aliphatic heterocycles. The van der Waals surface area contributed by atoms with E-state index in [1.807, 2.05) is 41.8 Å². The van der Waals surface area contributed by atoms with Crippen LogP contribution in [0.4, 0.5) is 0 Å². The van der Waals surface area contributed by atoms with Gasteiger partial charge in [0.05, 0.1) is 6.42 Å². The Balaban J connectivity index is 1.87. The number of carbonyl (C=O) groups excluding carboxylic acids is 2. The fourth-order valence-corrected chi connectivity index (χ4v) is 2.54. The fourth-order valence-electron chi connectivity index (χ4n) is 2.54. The number of carbonyl (C=O) groups is 2. The lowest BCUT2D eigenvalue weighted by Crippen LogP contribution is -2.50. The minimum atomic E-state index is 0.152. The van der Waals surface area contributed by atoms with Crippen LogP contribution >= 0.6 is 0 Å².